The molecule has 2 heterocycles. The lowest BCUT2D eigenvalue weighted by molar-refractivity contribution is 0.0784. The number of halogens is 1. The Kier molecular flexibility index (Phi) is 5.48. The monoisotopic (exact) mass is 389 g/mol. The van der Waals surface area contributed by atoms with Crippen molar-refractivity contribution in [2.45, 2.75) is 6.42 Å². The van der Waals surface area contributed by atoms with Crippen LogP contribution in [-0.4, -0.2) is 42.5 Å². The highest BCUT2D eigenvalue weighted by Gasteiger charge is 2.28. The number of carbonyl (C=O) groups excluding carboxylic acids is 1. The zero-order valence-electron chi connectivity index (χ0n) is 13.5. The number of aromatic nitrogens is 1. The number of likely N-dealkylation sites (tertiary alicyclic amines) is 1. The quantitative estimate of drug-likeness (QED) is 0.851. The van der Waals surface area contributed by atoms with Gasteiger partial charge in [-0.1, -0.05) is 22.0 Å². The van der Waals surface area contributed by atoms with Gasteiger partial charge in [0.05, 0.1) is 0 Å². The van der Waals surface area contributed by atoms with Crippen LogP contribution >= 0.6 is 15.9 Å². The summed E-state index contributed by atoms with van der Waals surface area (Å²) in [4.78, 5) is 19.0. The van der Waals surface area contributed by atoms with Crippen LogP contribution in [0.15, 0.2) is 47.1 Å². The van der Waals surface area contributed by atoms with Crippen LogP contribution in [0.3, 0.4) is 0 Å². The lowest BCUT2D eigenvalue weighted by Gasteiger charge is -2.18. The van der Waals surface area contributed by atoms with Crippen LogP contribution in [-0.2, 0) is 0 Å². The molecule has 126 valence electrons. The number of amides is 1. The second-order valence-electron chi connectivity index (χ2n) is 5.88. The fraction of sp³-hybridized carbons (Fsp3) is 0.333. The third-order valence-corrected chi connectivity index (χ3v) is 4.57. The molecule has 1 aromatic heterocycles. The van der Waals surface area contributed by atoms with Gasteiger partial charge in [0, 0.05) is 23.8 Å². The minimum absolute atomic E-state index is 0.0216. The van der Waals surface area contributed by atoms with Gasteiger partial charge in [-0.05, 0) is 56.3 Å². The van der Waals surface area contributed by atoms with Crippen molar-refractivity contribution in [3.8, 4) is 11.6 Å². The summed E-state index contributed by atoms with van der Waals surface area (Å²) in [7, 11) is 1.94. The molecular formula is C18H20BrN3O2. The van der Waals surface area contributed by atoms with E-state index in [0.29, 0.717) is 23.1 Å². The van der Waals surface area contributed by atoms with E-state index in [-0.39, 0.29) is 5.91 Å². The van der Waals surface area contributed by atoms with Gasteiger partial charge < -0.3 is 15.0 Å². The van der Waals surface area contributed by atoms with Crippen LogP contribution < -0.4 is 10.1 Å². The summed E-state index contributed by atoms with van der Waals surface area (Å²) in [6, 6.07) is 11.0. The first-order valence-corrected chi connectivity index (χ1v) is 8.79. The summed E-state index contributed by atoms with van der Waals surface area (Å²) in [6.07, 6.45) is 2.66. The maximum Gasteiger partial charge on any atom is 0.259 e. The Labute approximate surface area is 150 Å². The number of nitrogens with one attached hydrogen (secondary N) is 1. The van der Waals surface area contributed by atoms with Crippen molar-refractivity contribution in [2.24, 2.45) is 5.92 Å². The van der Waals surface area contributed by atoms with E-state index < -0.39 is 0 Å². The Hall–Kier alpha value is -1.92. The zero-order valence-corrected chi connectivity index (χ0v) is 15.1. The molecule has 24 heavy (non-hydrogen) atoms. The van der Waals surface area contributed by atoms with Gasteiger partial charge in [0.15, 0.2) is 0 Å². The van der Waals surface area contributed by atoms with Gasteiger partial charge in [-0.15, -0.1) is 0 Å². The molecule has 0 saturated carbocycles. The fourth-order valence-electron chi connectivity index (χ4n) is 2.92. The SMILES string of the molecule is CNCC1CCN(C(=O)c2cccnc2Oc2cccc(Br)c2)C1. The molecule has 1 N–H and O–H groups in total. The molecule has 1 fully saturated rings. The summed E-state index contributed by atoms with van der Waals surface area (Å²) in [5, 5.41) is 3.18. The summed E-state index contributed by atoms with van der Waals surface area (Å²) >= 11 is 3.42. The van der Waals surface area contributed by atoms with Crippen LogP contribution in [0.25, 0.3) is 0 Å². The number of benzene rings is 1. The van der Waals surface area contributed by atoms with E-state index in [1.807, 2.05) is 36.2 Å². The first kappa shape index (κ1) is 16.9. The molecule has 6 heteroatoms. The minimum atomic E-state index is -0.0216. The fourth-order valence-corrected chi connectivity index (χ4v) is 3.30. The van der Waals surface area contributed by atoms with E-state index >= 15 is 0 Å². The van der Waals surface area contributed by atoms with Gasteiger partial charge in [-0.25, -0.2) is 4.98 Å². The van der Waals surface area contributed by atoms with E-state index in [9.17, 15) is 4.79 Å². The molecule has 1 saturated heterocycles. The maximum absolute atomic E-state index is 12.9. The number of rotatable bonds is 5. The summed E-state index contributed by atoms with van der Waals surface area (Å²) < 4.78 is 6.76. The highest BCUT2D eigenvalue weighted by molar-refractivity contribution is 9.10. The Morgan fingerprint density at radius 3 is 3.08 bits per heavy atom. The molecule has 2 aromatic rings. The van der Waals surface area contributed by atoms with Gasteiger partial charge in [0.1, 0.15) is 11.3 Å². The van der Waals surface area contributed by atoms with E-state index in [4.69, 9.17) is 4.74 Å². The van der Waals surface area contributed by atoms with E-state index in [0.717, 1.165) is 30.5 Å². The number of hydrogen-bond donors (Lipinski definition) is 1. The molecule has 1 amide bonds. The molecule has 0 radical (unpaired) electrons. The maximum atomic E-state index is 12.9. The topological polar surface area (TPSA) is 54.5 Å². The molecule has 0 bridgehead atoms. The second kappa shape index (κ2) is 7.77. The summed E-state index contributed by atoms with van der Waals surface area (Å²) in [5.74, 6) is 1.47. The zero-order chi connectivity index (χ0) is 16.9. The number of hydrogen-bond acceptors (Lipinski definition) is 4. The van der Waals surface area contributed by atoms with Crippen LogP contribution in [0.2, 0.25) is 0 Å². The average molecular weight is 390 g/mol. The molecule has 1 aromatic carbocycles. The van der Waals surface area contributed by atoms with Crippen LogP contribution in [0.4, 0.5) is 0 Å². The largest absolute Gasteiger partial charge is 0.438 e. The van der Waals surface area contributed by atoms with Gasteiger partial charge in [-0.3, -0.25) is 4.79 Å². The number of nitrogens with zero attached hydrogens (tertiary/aromatic N) is 2. The molecule has 1 unspecified atom stereocenters. The molecule has 5 nitrogen and oxygen atoms in total. The Balaban J connectivity index is 1.78. The Morgan fingerprint density at radius 2 is 2.29 bits per heavy atom. The number of pyridine rings is 1. The van der Waals surface area contributed by atoms with Gasteiger partial charge in [0.25, 0.3) is 5.91 Å². The van der Waals surface area contributed by atoms with Crippen molar-refractivity contribution in [2.75, 3.05) is 26.7 Å². The molecule has 0 aliphatic carbocycles. The number of carbonyl (C=O) groups is 1. The van der Waals surface area contributed by atoms with Crippen molar-refractivity contribution in [1.82, 2.24) is 15.2 Å². The van der Waals surface area contributed by atoms with Crippen LogP contribution in [0, 0.1) is 5.92 Å². The van der Waals surface area contributed by atoms with Crippen molar-refractivity contribution in [1.29, 1.82) is 0 Å². The average Bonchev–Trinajstić information content (AvgIpc) is 3.04. The third kappa shape index (κ3) is 3.94. The summed E-state index contributed by atoms with van der Waals surface area (Å²) in [5.41, 5.74) is 0.502. The predicted octanol–water partition coefficient (Wildman–Crippen LogP) is 3.32. The highest BCUT2D eigenvalue weighted by Crippen LogP contribution is 2.27. The molecule has 0 spiro atoms. The van der Waals surface area contributed by atoms with Crippen molar-refractivity contribution >= 4 is 21.8 Å². The molecule has 1 aliphatic rings. The lowest BCUT2D eigenvalue weighted by Crippen LogP contribution is -2.30. The Morgan fingerprint density at radius 1 is 1.42 bits per heavy atom. The first-order valence-electron chi connectivity index (χ1n) is 7.99. The molecule has 3 rings (SSSR count). The first-order chi connectivity index (χ1) is 11.7. The predicted molar refractivity (Wildman–Crippen MR) is 96.4 cm³/mol. The molecular weight excluding hydrogens is 370 g/mol. The standard InChI is InChI=1S/C18H20BrN3O2/c1-20-11-13-7-9-22(12-13)18(23)16-6-3-8-21-17(16)24-15-5-2-4-14(19)10-15/h2-6,8,10,13,20H,7,9,11-12H2,1H3. The lowest BCUT2D eigenvalue weighted by atomic mass is 10.1. The van der Waals surface area contributed by atoms with Crippen LogP contribution in [0.1, 0.15) is 16.8 Å². The second-order valence-corrected chi connectivity index (χ2v) is 6.79. The third-order valence-electron chi connectivity index (χ3n) is 4.08. The Bertz CT molecular complexity index is 723. The van der Waals surface area contributed by atoms with Gasteiger partial charge in [0.2, 0.25) is 5.88 Å². The normalized spacial score (nSPS) is 17.1. The minimum Gasteiger partial charge on any atom is -0.438 e. The van der Waals surface area contributed by atoms with Gasteiger partial charge >= 0.3 is 0 Å². The smallest absolute Gasteiger partial charge is 0.259 e. The number of ether oxygens (including phenoxy) is 1. The summed E-state index contributed by atoms with van der Waals surface area (Å²) in [6.45, 7) is 2.47. The van der Waals surface area contributed by atoms with E-state index in [2.05, 4.69) is 26.2 Å². The van der Waals surface area contributed by atoms with Gasteiger partial charge in [-0.2, -0.15) is 0 Å². The highest BCUT2D eigenvalue weighted by atomic mass is 79.9. The van der Waals surface area contributed by atoms with E-state index in [1.165, 1.54) is 0 Å². The van der Waals surface area contributed by atoms with Crippen molar-refractivity contribution < 1.29 is 9.53 Å². The van der Waals surface area contributed by atoms with E-state index in [1.54, 1.807) is 18.3 Å². The van der Waals surface area contributed by atoms with Crippen molar-refractivity contribution in [3.63, 3.8) is 0 Å². The molecule has 1 aliphatic heterocycles. The van der Waals surface area contributed by atoms with Crippen molar-refractivity contribution in [3.05, 3.63) is 52.6 Å². The van der Waals surface area contributed by atoms with Crippen LogP contribution in [0.5, 0.6) is 11.6 Å². The molecule has 1 atom stereocenters.